The van der Waals surface area contributed by atoms with Gasteiger partial charge in [-0.05, 0) is 24.6 Å². The Morgan fingerprint density at radius 3 is 2.72 bits per heavy atom. The predicted octanol–water partition coefficient (Wildman–Crippen LogP) is 2.96. The van der Waals surface area contributed by atoms with Gasteiger partial charge in [0.25, 0.3) is 0 Å². The van der Waals surface area contributed by atoms with E-state index >= 15 is 0 Å². The number of hydrogen-bond donors (Lipinski definition) is 2. The number of hydrazone groups is 1. The summed E-state index contributed by atoms with van der Waals surface area (Å²) in [5, 5.41) is 6.81. The van der Waals surface area contributed by atoms with Crippen LogP contribution in [0.3, 0.4) is 0 Å². The van der Waals surface area contributed by atoms with Crippen molar-refractivity contribution < 1.29 is 13.2 Å². The van der Waals surface area contributed by atoms with Crippen molar-refractivity contribution in [3.63, 3.8) is 0 Å². The third-order valence-electron chi connectivity index (χ3n) is 3.11. The third kappa shape index (κ3) is 2.27. The van der Waals surface area contributed by atoms with Gasteiger partial charge in [-0.1, -0.05) is 6.92 Å². The third-order valence-corrected chi connectivity index (χ3v) is 3.11. The molecule has 98 valence electrons. The molecule has 0 bridgehead atoms. The van der Waals surface area contributed by atoms with E-state index in [9.17, 15) is 13.2 Å². The molecule has 0 saturated carbocycles. The summed E-state index contributed by atoms with van der Waals surface area (Å²) in [6, 6.07) is 3.76. The van der Waals surface area contributed by atoms with E-state index in [-0.39, 0.29) is 6.04 Å². The first kappa shape index (κ1) is 12.7. The highest BCUT2D eigenvalue weighted by molar-refractivity contribution is 6.07. The standard InChI is InChI=1S/C12H14F3N3/c1-2-8-6-11(18-16)9-5-7(12(13,14)15)3-4-10(9)17-8/h3-5,8,17H,2,6,16H2,1H3/t8-/m1/s1. The summed E-state index contributed by atoms with van der Waals surface area (Å²) < 4.78 is 37.9. The lowest BCUT2D eigenvalue weighted by atomic mass is 9.93. The van der Waals surface area contributed by atoms with Crippen LogP contribution < -0.4 is 11.2 Å². The molecule has 0 radical (unpaired) electrons. The molecule has 3 nitrogen and oxygen atoms in total. The molecule has 0 amide bonds. The van der Waals surface area contributed by atoms with Crippen LogP contribution in [0, 0.1) is 0 Å². The summed E-state index contributed by atoms with van der Waals surface area (Å²) >= 11 is 0. The molecule has 1 heterocycles. The minimum absolute atomic E-state index is 0.163. The fourth-order valence-corrected chi connectivity index (χ4v) is 2.07. The minimum Gasteiger partial charge on any atom is -0.381 e. The van der Waals surface area contributed by atoms with Crippen molar-refractivity contribution in [1.29, 1.82) is 0 Å². The van der Waals surface area contributed by atoms with Crippen LogP contribution in [0.15, 0.2) is 23.3 Å². The van der Waals surface area contributed by atoms with Crippen LogP contribution in [0.2, 0.25) is 0 Å². The zero-order chi connectivity index (χ0) is 13.3. The second-order valence-electron chi connectivity index (χ2n) is 4.29. The molecule has 1 atom stereocenters. The van der Waals surface area contributed by atoms with E-state index in [4.69, 9.17) is 5.84 Å². The zero-order valence-electron chi connectivity index (χ0n) is 9.88. The van der Waals surface area contributed by atoms with Crippen molar-refractivity contribution in [1.82, 2.24) is 0 Å². The molecule has 0 aromatic heterocycles. The molecule has 1 aliphatic rings. The van der Waals surface area contributed by atoms with Crippen LogP contribution in [-0.2, 0) is 6.18 Å². The summed E-state index contributed by atoms with van der Waals surface area (Å²) in [5.41, 5.74) is 0.933. The van der Waals surface area contributed by atoms with Crippen LogP contribution in [0.5, 0.6) is 0 Å². The molecular weight excluding hydrogens is 243 g/mol. The lowest BCUT2D eigenvalue weighted by molar-refractivity contribution is -0.137. The highest BCUT2D eigenvalue weighted by Crippen LogP contribution is 2.34. The molecule has 1 aromatic rings. The van der Waals surface area contributed by atoms with Gasteiger partial charge >= 0.3 is 6.18 Å². The largest absolute Gasteiger partial charge is 0.416 e. The van der Waals surface area contributed by atoms with E-state index in [2.05, 4.69) is 10.4 Å². The van der Waals surface area contributed by atoms with Crippen LogP contribution >= 0.6 is 0 Å². The number of halogens is 3. The Labute approximate surface area is 103 Å². The summed E-state index contributed by atoms with van der Waals surface area (Å²) in [5.74, 6) is 5.27. The molecule has 0 fully saturated rings. The van der Waals surface area contributed by atoms with Gasteiger partial charge < -0.3 is 11.2 Å². The average Bonchev–Trinajstić information content (AvgIpc) is 2.35. The summed E-state index contributed by atoms with van der Waals surface area (Å²) in [7, 11) is 0. The molecule has 6 heteroatoms. The molecule has 0 saturated heterocycles. The Morgan fingerprint density at radius 1 is 1.44 bits per heavy atom. The number of benzene rings is 1. The minimum atomic E-state index is -4.35. The summed E-state index contributed by atoms with van der Waals surface area (Å²) in [6.07, 6.45) is -2.95. The van der Waals surface area contributed by atoms with E-state index < -0.39 is 11.7 Å². The van der Waals surface area contributed by atoms with Crippen LogP contribution in [-0.4, -0.2) is 11.8 Å². The van der Waals surface area contributed by atoms with E-state index in [0.29, 0.717) is 23.4 Å². The Hall–Kier alpha value is -1.72. The van der Waals surface area contributed by atoms with Crippen molar-refractivity contribution in [3.05, 3.63) is 29.3 Å². The molecule has 0 aliphatic carbocycles. The van der Waals surface area contributed by atoms with Gasteiger partial charge in [0.2, 0.25) is 0 Å². The maximum Gasteiger partial charge on any atom is 0.416 e. The predicted molar refractivity (Wildman–Crippen MR) is 64.5 cm³/mol. The Kier molecular flexibility index (Phi) is 3.19. The number of nitrogens with zero attached hydrogens (tertiary/aromatic N) is 1. The molecule has 18 heavy (non-hydrogen) atoms. The summed E-state index contributed by atoms with van der Waals surface area (Å²) in [6.45, 7) is 2.00. The van der Waals surface area contributed by atoms with Crippen molar-refractivity contribution >= 4 is 11.4 Å². The van der Waals surface area contributed by atoms with E-state index in [1.165, 1.54) is 6.07 Å². The highest BCUT2D eigenvalue weighted by atomic mass is 19.4. The van der Waals surface area contributed by atoms with Crippen molar-refractivity contribution in [3.8, 4) is 0 Å². The van der Waals surface area contributed by atoms with E-state index in [0.717, 1.165) is 18.6 Å². The number of fused-ring (bicyclic) bond motifs is 1. The normalized spacial score (nSPS) is 21.6. The molecule has 2 rings (SSSR count). The Bertz CT molecular complexity index is 480. The van der Waals surface area contributed by atoms with Gasteiger partial charge in [0.1, 0.15) is 0 Å². The Morgan fingerprint density at radius 2 is 2.17 bits per heavy atom. The number of alkyl halides is 3. The van der Waals surface area contributed by atoms with E-state index in [1.807, 2.05) is 6.92 Å². The monoisotopic (exact) mass is 257 g/mol. The SMILES string of the molecule is CC[C@@H]1CC(=NN)c2cc(C(F)(F)F)ccc2N1. The first-order valence-electron chi connectivity index (χ1n) is 5.70. The molecule has 1 aliphatic heterocycles. The molecule has 0 spiro atoms. The molecule has 3 N–H and O–H groups in total. The lowest BCUT2D eigenvalue weighted by Crippen LogP contribution is -2.30. The molecular formula is C12H14F3N3. The highest BCUT2D eigenvalue weighted by Gasteiger charge is 2.32. The van der Waals surface area contributed by atoms with Gasteiger partial charge in [0.15, 0.2) is 0 Å². The lowest BCUT2D eigenvalue weighted by Gasteiger charge is -2.27. The van der Waals surface area contributed by atoms with Crippen LogP contribution in [0.4, 0.5) is 18.9 Å². The second kappa shape index (κ2) is 4.51. The van der Waals surface area contributed by atoms with Gasteiger partial charge in [-0.3, -0.25) is 0 Å². The first-order chi connectivity index (χ1) is 8.45. The van der Waals surface area contributed by atoms with Crippen LogP contribution in [0.25, 0.3) is 0 Å². The number of anilines is 1. The van der Waals surface area contributed by atoms with Gasteiger partial charge in [0.05, 0.1) is 11.3 Å². The van der Waals surface area contributed by atoms with Crippen molar-refractivity contribution in [2.24, 2.45) is 10.9 Å². The van der Waals surface area contributed by atoms with Gasteiger partial charge in [-0.15, -0.1) is 0 Å². The van der Waals surface area contributed by atoms with Crippen LogP contribution in [0.1, 0.15) is 30.9 Å². The fraction of sp³-hybridized carbons (Fsp3) is 0.417. The smallest absolute Gasteiger partial charge is 0.381 e. The quantitative estimate of drug-likeness (QED) is 0.600. The number of rotatable bonds is 1. The molecule has 1 aromatic carbocycles. The number of nitrogens with two attached hydrogens (primary N) is 1. The first-order valence-corrected chi connectivity index (χ1v) is 5.70. The number of hydrogen-bond acceptors (Lipinski definition) is 3. The Balaban J connectivity index is 2.46. The second-order valence-corrected chi connectivity index (χ2v) is 4.29. The maximum absolute atomic E-state index is 12.6. The fourth-order valence-electron chi connectivity index (χ4n) is 2.07. The van der Waals surface area contributed by atoms with Gasteiger partial charge in [0, 0.05) is 23.7 Å². The van der Waals surface area contributed by atoms with Crippen molar-refractivity contribution in [2.75, 3.05) is 5.32 Å². The average molecular weight is 257 g/mol. The topological polar surface area (TPSA) is 50.4 Å². The van der Waals surface area contributed by atoms with Gasteiger partial charge in [-0.2, -0.15) is 18.3 Å². The zero-order valence-corrected chi connectivity index (χ0v) is 9.88. The number of nitrogens with one attached hydrogen (secondary N) is 1. The van der Waals surface area contributed by atoms with Crippen molar-refractivity contribution in [2.45, 2.75) is 32.0 Å². The molecule has 0 unspecified atom stereocenters. The van der Waals surface area contributed by atoms with Gasteiger partial charge in [-0.25, -0.2) is 0 Å². The maximum atomic E-state index is 12.6. The summed E-state index contributed by atoms with van der Waals surface area (Å²) in [4.78, 5) is 0. The van der Waals surface area contributed by atoms with E-state index in [1.54, 1.807) is 0 Å².